The molecule has 7 nitrogen and oxygen atoms in total. The van der Waals surface area contributed by atoms with Gasteiger partial charge in [-0.1, -0.05) is 30.3 Å². The average molecular weight is 525 g/mol. The number of amides is 1. The highest BCUT2D eigenvalue weighted by Crippen LogP contribution is 2.10. The molecule has 1 saturated heterocycles. The fourth-order valence-corrected chi connectivity index (χ4v) is 3.38. The van der Waals surface area contributed by atoms with E-state index in [1.165, 1.54) is 5.56 Å². The zero-order valence-electron chi connectivity index (χ0n) is 17.5. The number of carbonyl (C=O) groups is 1. The third-order valence-electron chi connectivity index (χ3n) is 5.08. The fourth-order valence-electron chi connectivity index (χ4n) is 3.38. The van der Waals surface area contributed by atoms with Gasteiger partial charge in [-0.2, -0.15) is 0 Å². The van der Waals surface area contributed by atoms with E-state index in [0.717, 1.165) is 50.6 Å². The van der Waals surface area contributed by atoms with Gasteiger partial charge in [0, 0.05) is 39.1 Å². The molecule has 164 valence electrons. The Morgan fingerprint density at radius 1 is 1.17 bits per heavy atom. The number of likely N-dealkylation sites (N-methyl/N-ethyl adjacent to an activating group) is 1. The van der Waals surface area contributed by atoms with Gasteiger partial charge in [-0.25, -0.2) is 4.99 Å². The number of halogens is 1. The Hall–Kier alpha value is -2.07. The van der Waals surface area contributed by atoms with Crippen LogP contribution in [0.5, 0.6) is 0 Å². The lowest BCUT2D eigenvalue weighted by molar-refractivity contribution is -0.122. The van der Waals surface area contributed by atoms with Crippen molar-refractivity contribution in [3.05, 3.63) is 60.1 Å². The molecule has 0 radical (unpaired) electrons. The molecule has 0 atom stereocenters. The normalized spacial score (nSPS) is 15.3. The summed E-state index contributed by atoms with van der Waals surface area (Å²) in [5.41, 5.74) is 1.18. The van der Waals surface area contributed by atoms with Gasteiger partial charge < -0.3 is 20.4 Å². The van der Waals surface area contributed by atoms with Crippen molar-refractivity contribution in [2.75, 3.05) is 33.2 Å². The maximum absolute atomic E-state index is 11.6. The molecule has 1 aliphatic rings. The summed E-state index contributed by atoms with van der Waals surface area (Å²) in [4.78, 5) is 18.5. The van der Waals surface area contributed by atoms with E-state index in [1.54, 1.807) is 13.3 Å². The summed E-state index contributed by atoms with van der Waals surface area (Å²) in [5.74, 6) is 1.86. The van der Waals surface area contributed by atoms with Crippen molar-refractivity contribution in [2.24, 2.45) is 4.99 Å². The van der Waals surface area contributed by atoms with Crippen LogP contribution in [0.1, 0.15) is 24.2 Å². The van der Waals surface area contributed by atoms with E-state index >= 15 is 0 Å². The predicted octanol–water partition coefficient (Wildman–Crippen LogP) is 2.39. The lowest BCUT2D eigenvalue weighted by Crippen LogP contribution is -2.50. The van der Waals surface area contributed by atoms with E-state index < -0.39 is 0 Å². The molecule has 3 rings (SSSR count). The lowest BCUT2D eigenvalue weighted by Gasteiger charge is -2.32. The van der Waals surface area contributed by atoms with Gasteiger partial charge in [-0.05, 0) is 30.5 Å². The topological polar surface area (TPSA) is 81.9 Å². The molecule has 30 heavy (non-hydrogen) atoms. The number of guanidine groups is 1. The number of piperidine rings is 1. The quantitative estimate of drug-likeness (QED) is 0.280. The first kappa shape index (κ1) is 24.2. The zero-order valence-corrected chi connectivity index (χ0v) is 19.8. The van der Waals surface area contributed by atoms with E-state index in [4.69, 9.17) is 9.41 Å². The van der Waals surface area contributed by atoms with Crippen molar-refractivity contribution in [3.63, 3.8) is 0 Å². The molecule has 0 saturated carbocycles. The molecule has 0 aliphatic carbocycles. The highest BCUT2D eigenvalue weighted by Gasteiger charge is 2.21. The van der Waals surface area contributed by atoms with Crippen molar-refractivity contribution < 1.29 is 9.21 Å². The minimum absolute atomic E-state index is 0. The number of likely N-dealkylation sites (tertiary alicyclic amines) is 1. The van der Waals surface area contributed by atoms with Crippen LogP contribution in [0.25, 0.3) is 0 Å². The SMILES string of the molecule is CNC(=O)CN1CCC(NC(=NCc2ccccc2)NCCc2ccco2)CC1.I. The minimum Gasteiger partial charge on any atom is -0.469 e. The van der Waals surface area contributed by atoms with Crippen LogP contribution in [0.2, 0.25) is 0 Å². The molecule has 0 spiro atoms. The van der Waals surface area contributed by atoms with Crippen LogP contribution in [-0.4, -0.2) is 56.0 Å². The molecule has 2 aromatic rings. The number of nitrogens with zero attached hydrogens (tertiary/aromatic N) is 2. The van der Waals surface area contributed by atoms with Gasteiger partial charge in [0.2, 0.25) is 5.91 Å². The Balaban J connectivity index is 0.00000320. The van der Waals surface area contributed by atoms with E-state index in [-0.39, 0.29) is 29.9 Å². The number of carbonyl (C=O) groups excluding carboxylic acids is 1. The Morgan fingerprint density at radius 2 is 1.93 bits per heavy atom. The van der Waals surface area contributed by atoms with Crippen molar-refractivity contribution in [2.45, 2.75) is 31.8 Å². The summed E-state index contributed by atoms with van der Waals surface area (Å²) in [5, 5.41) is 9.69. The summed E-state index contributed by atoms with van der Waals surface area (Å²) in [6.07, 6.45) is 4.48. The summed E-state index contributed by atoms with van der Waals surface area (Å²) in [7, 11) is 1.68. The first-order valence-electron chi connectivity index (χ1n) is 10.3. The first-order chi connectivity index (χ1) is 14.2. The highest BCUT2D eigenvalue weighted by molar-refractivity contribution is 14.0. The maximum atomic E-state index is 11.6. The molecule has 1 amide bonds. The van der Waals surface area contributed by atoms with Crippen LogP contribution in [0.15, 0.2) is 58.1 Å². The summed E-state index contributed by atoms with van der Waals surface area (Å²) in [6.45, 7) is 3.67. The number of nitrogens with one attached hydrogen (secondary N) is 3. The highest BCUT2D eigenvalue weighted by atomic mass is 127. The Morgan fingerprint density at radius 3 is 2.60 bits per heavy atom. The molecule has 3 N–H and O–H groups in total. The number of rotatable bonds is 8. The van der Waals surface area contributed by atoms with Crippen LogP contribution in [0.4, 0.5) is 0 Å². The molecule has 1 aromatic heterocycles. The van der Waals surface area contributed by atoms with Gasteiger partial charge >= 0.3 is 0 Å². The van der Waals surface area contributed by atoms with Crippen molar-refractivity contribution in [3.8, 4) is 0 Å². The molecule has 8 heteroatoms. The molecule has 1 aliphatic heterocycles. The standard InChI is InChI=1S/C22H31N5O2.HI/c1-23-21(28)17-27-13-10-19(11-14-27)26-22(24-12-9-20-8-5-15-29-20)25-16-18-6-3-2-4-7-18;/h2-8,15,19H,9-14,16-17H2,1H3,(H,23,28)(H2,24,25,26);1H. The Kier molecular flexibility index (Phi) is 10.7. The van der Waals surface area contributed by atoms with Crippen LogP contribution in [0, 0.1) is 0 Å². The van der Waals surface area contributed by atoms with Gasteiger partial charge in [0.05, 0.1) is 19.4 Å². The Bertz CT molecular complexity index is 759. The van der Waals surface area contributed by atoms with Crippen LogP contribution >= 0.6 is 24.0 Å². The van der Waals surface area contributed by atoms with Gasteiger partial charge in [0.25, 0.3) is 0 Å². The monoisotopic (exact) mass is 525 g/mol. The van der Waals surface area contributed by atoms with Crippen LogP contribution in [-0.2, 0) is 17.8 Å². The average Bonchev–Trinajstić information content (AvgIpc) is 3.27. The van der Waals surface area contributed by atoms with E-state index in [2.05, 4.69) is 33.0 Å². The maximum Gasteiger partial charge on any atom is 0.233 e. The third-order valence-corrected chi connectivity index (χ3v) is 5.08. The minimum atomic E-state index is 0. The molecule has 0 unspecified atom stereocenters. The van der Waals surface area contributed by atoms with Gasteiger partial charge in [0.15, 0.2) is 5.96 Å². The number of aliphatic imine (C=N–C) groups is 1. The zero-order chi connectivity index (χ0) is 20.3. The Labute approximate surface area is 195 Å². The van der Waals surface area contributed by atoms with Gasteiger partial charge in [-0.15, -0.1) is 24.0 Å². The molecular formula is C22H32IN5O2. The van der Waals surface area contributed by atoms with Crippen molar-refractivity contribution in [1.29, 1.82) is 0 Å². The molecule has 1 aromatic carbocycles. The largest absolute Gasteiger partial charge is 0.469 e. The molecular weight excluding hydrogens is 493 g/mol. The number of hydrogen-bond acceptors (Lipinski definition) is 4. The van der Waals surface area contributed by atoms with Gasteiger partial charge in [0.1, 0.15) is 5.76 Å². The molecule has 0 bridgehead atoms. The van der Waals surface area contributed by atoms with Gasteiger partial charge in [-0.3, -0.25) is 9.69 Å². The predicted molar refractivity (Wildman–Crippen MR) is 130 cm³/mol. The lowest BCUT2D eigenvalue weighted by atomic mass is 10.1. The first-order valence-corrected chi connectivity index (χ1v) is 10.3. The second-order valence-corrected chi connectivity index (χ2v) is 7.27. The van der Waals surface area contributed by atoms with E-state index in [0.29, 0.717) is 19.1 Å². The van der Waals surface area contributed by atoms with Crippen molar-refractivity contribution in [1.82, 2.24) is 20.9 Å². The van der Waals surface area contributed by atoms with Crippen LogP contribution < -0.4 is 16.0 Å². The van der Waals surface area contributed by atoms with Crippen LogP contribution in [0.3, 0.4) is 0 Å². The third kappa shape index (κ3) is 8.35. The van der Waals surface area contributed by atoms with E-state index in [1.807, 2.05) is 30.3 Å². The smallest absolute Gasteiger partial charge is 0.233 e. The summed E-state index contributed by atoms with van der Waals surface area (Å²) < 4.78 is 5.41. The van der Waals surface area contributed by atoms with Crippen molar-refractivity contribution >= 4 is 35.8 Å². The summed E-state index contributed by atoms with van der Waals surface area (Å²) in [6, 6.07) is 14.5. The number of benzene rings is 1. The second-order valence-electron chi connectivity index (χ2n) is 7.27. The molecule has 1 fully saturated rings. The molecule has 2 heterocycles. The second kappa shape index (κ2) is 13.3. The van der Waals surface area contributed by atoms with E-state index in [9.17, 15) is 4.79 Å². The fraction of sp³-hybridized carbons (Fsp3) is 0.455. The number of furan rings is 1. The summed E-state index contributed by atoms with van der Waals surface area (Å²) >= 11 is 0. The number of hydrogen-bond donors (Lipinski definition) is 3.